The molecule has 40 heavy (non-hydrogen) atoms. The fourth-order valence-corrected chi connectivity index (χ4v) is 5.03. The van der Waals surface area contributed by atoms with Gasteiger partial charge in [-0.2, -0.15) is 0 Å². The van der Waals surface area contributed by atoms with Crippen LogP contribution >= 0.6 is 7.82 Å². The smallest absolute Gasteiger partial charge is 0.462 e. The van der Waals surface area contributed by atoms with Gasteiger partial charge in [0.05, 0.1) is 6.61 Å². The summed E-state index contributed by atoms with van der Waals surface area (Å²) in [6.45, 7) is 3.57. The molecule has 0 aromatic carbocycles. The highest BCUT2D eigenvalue weighted by atomic mass is 31.2. The van der Waals surface area contributed by atoms with E-state index in [1.54, 1.807) is 0 Å². The highest BCUT2D eigenvalue weighted by Crippen LogP contribution is 2.35. The molecular weight excluding hydrogens is 531 g/mol. The van der Waals surface area contributed by atoms with E-state index >= 15 is 0 Å². The van der Waals surface area contributed by atoms with Gasteiger partial charge in [-0.15, -0.1) is 0 Å². The molecule has 8 nitrogen and oxygen atoms in total. The van der Waals surface area contributed by atoms with E-state index in [-0.39, 0.29) is 19.4 Å². The molecule has 0 aliphatic rings. The van der Waals surface area contributed by atoms with E-state index in [0.29, 0.717) is 6.42 Å². The summed E-state index contributed by atoms with van der Waals surface area (Å²) in [5.74, 6) is -0.891. The zero-order chi connectivity index (χ0) is 29.7. The summed E-state index contributed by atoms with van der Waals surface area (Å²) in [5.41, 5.74) is 0. The Kier molecular flexibility index (Phi) is 27.5. The Labute approximate surface area is 244 Å². The van der Waals surface area contributed by atoms with E-state index in [4.69, 9.17) is 19.3 Å². The van der Waals surface area contributed by atoms with Crippen LogP contribution in [-0.2, 0) is 28.2 Å². The van der Waals surface area contributed by atoms with Crippen molar-refractivity contribution in [1.82, 2.24) is 0 Å². The molecule has 9 heteroatoms. The van der Waals surface area contributed by atoms with Gasteiger partial charge in [0.2, 0.25) is 0 Å². The predicted molar refractivity (Wildman–Crippen MR) is 161 cm³/mol. The fourth-order valence-electron chi connectivity index (χ4n) is 4.67. The minimum atomic E-state index is -4.72. The van der Waals surface area contributed by atoms with Crippen molar-refractivity contribution < 1.29 is 37.9 Å². The Morgan fingerprint density at radius 2 is 0.900 bits per heavy atom. The lowest BCUT2D eigenvalue weighted by atomic mass is 10.0. The number of phosphoric acid groups is 1. The average Bonchev–Trinajstić information content (AvgIpc) is 2.91. The SMILES string of the molecule is CCCCCCCCCCCCCCCCCCCC(=O)OC[C@H](COP(=O)(O)O)OC(=O)CCCCCCC. The normalized spacial score (nSPS) is 12.4. The Balaban J connectivity index is 3.81. The summed E-state index contributed by atoms with van der Waals surface area (Å²) in [6.07, 6.45) is 25.9. The van der Waals surface area contributed by atoms with Gasteiger partial charge in [-0.1, -0.05) is 142 Å². The van der Waals surface area contributed by atoms with Crippen LogP contribution in [0.1, 0.15) is 168 Å². The molecule has 0 aliphatic carbocycles. The topological polar surface area (TPSA) is 119 Å². The second-order valence-corrected chi connectivity index (χ2v) is 12.4. The van der Waals surface area contributed by atoms with Crippen LogP contribution in [0.15, 0.2) is 0 Å². The van der Waals surface area contributed by atoms with Crippen molar-refractivity contribution in [3.05, 3.63) is 0 Å². The Bertz CT molecular complexity index is 637. The molecule has 0 bridgehead atoms. The number of ether oxygens (including phenoxy) is 2. The Morgan fingerprint density at radius 3 is 1.27 bits per heavy atom. The second kappa shape index (κ2) is 28.2. The first-order valence-corrected chi connectivity index (χ1v) is 17.9. The molecule has 0 fully saturated rings. The van der Waals surface area contributed by atoms with Gasteiger partial charge in [0, 0.05) is 12.8 Å². The van der Waals surface area contributed by atoms with Gasteiger partial charge < -0.3 is 19.3 Å². The summed E-state index contributed by atoms with van der Waals surface area (Å²) in [7, 11) is -4.72. The summed E-state index contributed by atoms with van der Waals surface area (Å²) in [4.78, 5) is 42.1. The molecular formula is C31H61O8P. The van der Waals surface area contributed by atoms with Gasteiger partial charge in [-0.05, 0) is 12.8 Å². The standard InChI is InChI=1S/C31H61O8P/c1-3-5-7-9-10-11-12-13-14-15-16-17-18-19-20-22-23-25-30(32)37-27-29(28-38-40(34,35)36)39-31(33)26-24-21-8-6-4-2/h29H,3-28H2,1-2H3,(H2,34,35,36)/t29-/m1/s1. The second-order valence-electron chi connectivity index (χ2n) is 11.2. The molecule has 0 aliphatic heterocycles. The van der Waals surface area contributed by atoms with Crippen LogP contribution in [0.4, 0.5) is 0 Å². The van der Waals surface area contributed by atoms with Crippen molar-refractivity contribution in [1.29, 1.82) is 0 Å². The van der Waals surface area contributed by atoms with Crippen molar-refractivity contribution in [2.45, 2.75) is 174 Å². The summed E-state index contributed by atoms with van der Waals surface area (Å²) >= 11 is 0. The number of rotatable bonds is 30. The molecule has 0 aromatic heterocycles. The average molecular weight is 593 g/mol. The third-order valence-electron chi connectivity index (χ3n) is 7.13. The highest BCUT2D eigenvalue weighted by molar-refractivity contribution is 7.46. The monoisotopic (exact) mass is 592 g/mol. The number of phosphoric ester groups is 1. The van der Waals surface area contributed by atoms with Crippen LogP contribution < -0.4 is 0 Å². The third-order valence-corrected chi connectivity index (χ3v) is 7.61. The Morgan fingerprint density at radius 1 is 0.550 bits per heavy atom. The lowest BCUT2D eigenvalue weighted by Crippen LogP contribution is -2.29. The maximum absolute atomic E-state index is 12.1. The molecule has 0 aromatic rings. The summed E-state index contributed by atoms with van der Waals surface area (Å²) in [6, 6.07) is 0. The van der Waals surface area contributed by atoms with Gasteiger partial charge in [-0.3, -0.25) is 14.1 Å². The van der Waals surface area contributed by atoms with E-state index in [1.807, 2.05) is 0 Å². The van der Waals surface area contributed by atoms with Crippen molar-refractivity contribution in [3.63, 3.8) is 0 Å². The largest absolute Gasteiger partial charge is 0.469 e. The van der Waals surface area contributed by atoms with Crippen LogP contribution in [0, 0.1) is 0 Å². The van der Waals surface area contributed by atoms with Gasteiger partial charge in [0.15, 0.2) is 6.10 Å². The number of hydrogen-bond acceptors (Lipinski definition) is 6. The minimum absolute atomic E-state index is 0.212. The van der Waals surface area contributed by atoms with Gasteiger partial charge in [0.1, 0.15) is 6.61 Å². The molecule has 0 radical (unpaired) electrons. The molecule has 238 valence electrons. The maximum Gasteiger partial charge on any atom is 0.469 e. The number of esters is 2. The van der Waals surface area contributed by atoms with E-state index in [9.17, 15) is 14.2 Å². The Hall–Kier alpha value is -0.950. The highest BCUT2D eigenvalue weighted by Gasteiger charge is 2.22. The zero-order valence-electron chi connectivity index (χ0n) is 25.8. The van der Waals surface area contributed by atoms with E-state index in [2.05, 4.69) is 18.4 Å². The lowest BCUT2D eigenvalue weighted by molar-refractivity contribution is -0.161. The summed E-state index contributed by atoms with van der Waals surface area (Å²) < 4.78 is 26.0. The third kappa shape index (κ3) is 30.0. The van der Waals surface area contributed by atoms with E-state index in [1.165, 1.54) is 89.9 Å². The predicted octanol–water partition coefficient (Wildman–Crippen LogP) is 8.95. The van der Waals surface area contributed by atoms with Crippen LogP contribution in [-0.4, -0.2) is 41.0 Å². The summed E-state index contributed by atoms with van der Waals surface area (Å²) in [5, 5.41) is 0. The number of hydrogen-bond donors (Lipinski definition) is 2. The van der Waals surface area contributed by atoms with Crippen molar-refractivity contribution in [3.8, 4) is 0 Å². The number of carbonyl (C=O) groups is 2. The van der Waals surface area contributed by atoms with Crippen LogP contribution in [0.2, 0.25) is 0 Å². The van der Waals surface area contributed by atoms with Crippen LogP contribution in [0.25, 0.3) is 0 Å². The van der Waals surface area contributed by atoms with E-state index in [0.717, 1.165) is 44.9 Å². The van der Waals surface area contributed by atoms with Gasteiger partial charge in [0.25, 0.3) is 0 Å². The van der Waals surface area contributed by atoms with E-state index < -0.39 is 32.5 Å². The molecule has 0 saturated heterocycles. The van der Waals surface area contributed by atoms with Crippen LogP contribution in [0.3, 0.4) is 0 Å². The first-order valence-electron chi connectivity index (χ1n) is 16.3. The van der Waals surface area contributed by atoms with Gasteiger partial charge >= 0.3 is 19.8 Å². The first kappa shape index (κ1) is 39.0. The van der Waals surface area contributed by atoms with Crippen molar-refractivity contribution >= 4 is 19.8 Å². The molecule has 0 rings (SSSR count). The van der Waals surface area contributed by atoms with Crippen LogP contribution in [0.5, 0.6) is 0 Å². The first-order chi connectivity index (χ1) is 19.3. The molecule has 2 N–H and O–H groups in total. The number of unbranched alkanes of at least 4 members (excludes halogenated alkanes) is 20. The molecule has 0 spiro atoms. The lowest BCUT2D eigenvalue weighted by Gasteiger charge is -2.18. The molecule has 0 saturated carbocycles. The van der Waals surface area contributed by atoms with Gasteiger partial charge in [-0.25, -0.2) is 4.57 Å². The zero-order valence-corrected chi connectivity index (χ0v) is 26.6. The molecule has 0 amide bonds. The minimum Gasteiger partial charge on any atom is -0.462 e. The molecule has 0 heterocycles. The molecule has 1 atom stereocenters. The maximum atomic E-state index is 12.1. The quantitative estimate of drug-likeness (QED) is 0.0482. The molecule has 0 unspecified atom stereocenters. The van der Waals surface area contributed by atoms with Crippen molar-refractivity contribution in [2.24, 2.45) is 0 Å². The fraction of sp³-hybridized carbons (Fsp3) is 0.935. The number of carbonyl (C=O) groups excluding carboxylic acids is 2. The van der Waals surface area contributed by atoms with Crippen molar-refractivity contribution in [2.75, 3.05) is 13.2 Å².